The monoisotopic (exact) mass is 233 g/mol. The van der Waals surface area contributed by atoms with E-state index in [0.717, 1.165) is 24.8 Å². The summed E-state index contributed by atoms with van der Waals surface area (Å²) in [5.41, 5.74) is 1.31. The van der Waals surface area contributed by atoms with Crippen molar-refractivity contribution in [2.75, 3.05) is 18.5 Å². The molecule has 0 unspecified atom stereocenters. The number of nitrogens with one attached hydrogen (secondary N) is 1. The van der Waals surface area contributed by atoms with Gasteiger partial charge in [-0.1, -0.05) is 13.8 Å². The molecule has 0 spiro atoms. The second-order valence-electron chi connectivity index (χ2n) is 5.38. The second kappa shape index (κ2) is 5.50. The molecule has 94 valence electrons. The summed E-state index contributed by atoms with van der Waals surface area (Å²) in [5, 5.41) is 3.43. The van der Waals surface area contributed by atoms with Crippen molar-refractivity contribution in [3.8, 4) is 0 Å². The van der Waals surface area contributed by atoms with Crippen LogP contribution >= 0.6 is 0 Å². The van der Waals surface area contributed by atoms with Gasteiger partial charge in [0, 0.05) is 32.4 Å². The highest BCUT2D eigenvalue weighted by Gasteiger charge is 2.23. The Labute approximate surface area is 104 Å². The number of rotatable bonds is 6. The van der Waals surface area contributed by atoms with Gasteiger partial charge in [0.2, 0.25) is 0 Å². The zero-order valence-electron chi connectivity index (χ0n) is 11.1. The van der Waals surface area contributed by atoms with Gasteiger partial charge in [-0.15, -0.1) is 0 Å². The fraction of sp³-hybridized carbons (Fsp3) is 0.643. The van der Waals surface area contributed by atoms with Gasteiger partial charge in [0.1, 0.15) is 5.82 Å². The Bertz CT molecular complexity index is 358. The molecule has 0 aromatic carbocycles. The number of aromatic nitrogens is 1. The zero-order chi connectivity index (χ0) is 12.3. The van der Waals surface area contributed by atoms with Crippen molar-refractivity contribution in [2.24, 2.45) is 5.92 Å². The second-order valence-corrected chi connectivity index (χ2v) is 5.38. The average molecular weight is 233 g/mol. The maximum atomic E-state index is 4.45. The van der Waals surface area contributed by atoms with E-state index in [1.165, 1.54) is 18.4 Å². The molecule has 0 bridgehead atoms. The highest BCUT2D eigenvalue weighted by Crippen LogP contribution is 2.30. The zero-order valence-corrected chi connectivity index (χ0v) is 11.1. The molecule has 1 heterocycles. The van der Waals surface area contributed by atoms with Crippen LogP contribution in [0, 0.1) is 5.92 Å². The van der Waals surface area contributed by atoms with Gasteiger partial charge < -0.3 is 10.2 Å². The van der Waals surface area contributed by atoms with E-state index in [1.54, 1.807) is 0 Å². The van der Waals surface area contributed by atoms with Crippen LogP contribution in [0.1, 0.15) is 32.3 Å². The Morgan fingerprint density at radius 3 is 2.88 bits per heavy atom. The maximum Gasteiger partial charge on any atom is 0.128 e. The molecule has 2 rings (SSSR count). The fourth-order valence-electron chi connectivity index (χ4n) is 1.88. The van der Waals surface area contributed by atoms with E-state index in [1.807, 2.05) is 6.20 Å². The van der Waals surface area contributed by atoms with Crippen LogP contribution < -0.4 is 10.2 Å². The van der Waals surface area contributed by atoms with Crippen molar-refractivity contribution in [3.63, 3.8) is 0 Å². The van der Waals surface area contributed by atoms with Gasteiger partial charge in [-0.2, -0.15) is 0 Å². The molecule has 1 fully saturated rings. The topological polar surface area (TPSA) is 28.2 Å². The molecule has 3 heteroatoms. The standard InChI is InChI=1S/C14H23N3/c1-11(2)16-9-13-6-7-15-14(8-13)17(3)10-12-4-5-12/h6-8,11-12,16H,4-5,9-10H2,1-3H3. The predicted octanol–water partition coefficient (Wildman–Crippen LogP) is 2.43. The minimum atomic E-state index is 0.524. The molecule has 17 heavy (non-hydrogen) atoms. The van der Waals surface area contributed by atoms with Gasteiger partial charge in [-0.05, 0) is 36.5 Å². The summed E-state index contributed by atoms with van der Waals surface area (Å²) >= 11 is 0. The lowest BCUT2D eigenvalue weighted by atomic mass is 10.2. The molecule has 1 aromatic heterocycles. The Morgan fingerprint density at radius 2 is 2.24 bits per heavy atom. The lowest BCUT2D eigenvalue weighted by Gasteiger charge is -2.18. The molecule has 0 radical (unpaired) electrons. The molecule has 3 nitrogen and oxygen atoms in total. The summed E-state index contributed by atoms with van der Waals surface area (Å²) in [7, 11) is 2.14. The van der Waals surface area contributed by atoms with E-state index in [0.29, 0.717) is 6.04 Å². The third-order valence-corrected chi connectivity index (χ3v) is 3.14. The van der Waals surface area contributed by atoms with E-state index in [2.05, 4.69) is 48.2 Å². The van der Waals surface area contributed by atoms with Crippen LogP contribution in [0.15, 0.2) is 18.3 Å². The quantitative estimate of drug-likeness (QED) is 0.818. The van der Waals surface area contributed by atoms with Crippen LogP contribution in [0.4, 0.5) is 5.82 Å². The van der Waals surface area contributed by atoms with Crippen LogP contribution in [-0.2, 0) is 6.54 Å². The third kappa shape index (κ3) is 4.00. The number of hydrogen-bond acceptors (Lipinski definition) is 3. The van der Waals surface area contributed by atoms with Gasteiger partial charge in [-0.3, -0.25) is 0 Å². The Balaban J connectivity index is 1.94. The minimum absolute atomic E-state index is 0.524. The molecule has 0 atom stereocenters. The Kier molecular flexibility index (Phi) is 4.00. The summed E-state index contributed by atoms with van der Waals surface area (Å²) in [6, 6.07) is 4.80. The number of anilines is 1. The summed E-state index contributed by atoms with van der Waals surface area (Å²) in [6.45, 7) is 6.40. The highest BCUT2D eigenvalue weighted by molar-refractivity contribution is 5.40. The van der Waals surface area contributed by atoms with Gasteiger partial charge in [0.25, 0.3) is 0 Å². The van der Waals surface area contributed by atoms with Crippen LogP contribution in [-0.4, -0.2) is 24.6 Å². The molecule has 0 aliphatic heterocycles. The molecular formula is C14H23N3. The van der Waals surface area contributed by atoms with Gasteiger partial charge in [-0.25, -0.2) is 4.98 Å². The lowest BCUT2D eigenvalue weighted by molar-refractivity contribution is 0.588. The Hall–Kier alpha value is -1.09. The average Bonchev–Trinajstić information content (AvgIpc) is 3.10. The number of nitrogens with zero attached hydrogens (tertiary/aromatic N) is 2. The summed E-state index contributed by atoms with van der Waals surface area (Å²) < 4.78 is 0. The largest absolute Gasteiger partial charge is 0.359 e. The molecule has 1 N–H and O–H groups in total. The van der Waals surface area contributed by atoms with Crippen molar-refractivity contribution in [3.05, 3.63) is 23.9 Å². The first-order chi connectivity index (χ1) is 8.15. The molecular weight excluding hydrogens is 210 g/mol. The van der Waals surface area contributed by atoms with E-state index >= 15 is 0 Å². The first kappa shape index (κ1) is 12.4. The van der Waals surface area contributed by atoms with E-state index < -0.39 is 0 Å². The molecule has 1 aliphatic rings. The van der Waals surface area contributed by atoms with E-state index in [4.69, 9.17) is 0 Å². The first-order valence-electron chi connectivity index (χ1n) is 6.54. The number of pyridine rings is 1. The van der Waals surface area contributed by atoms with E-state index in [9.17, 15) is 0 Å². The molecule has 1 aromatic rings. The van der Waals surface area contributed by atoms with Crippen LogP contribution in [0.25, 0.3) is 0 Å². The Morgan fingerprint density at radius 1 is 1.47 bits per heavy atom. The van der Waals surface area contributed by atoms with Crippen LogP contribution in [0.3, 0.4) is 0 Å². The van der Waals surface area contributed by atoms with Gasteiger partial charge in [0.05, 0.1) is 0 Å². The van der Waals surface area contributed by atoms with Crippen molar-refractivity contribution in [2.45, 2.75) is 39.3 Å². The van der Waals surface area contributed by atoms with Crippen molar-refractivity contribution < 1.29 is 0 Å². The predicted molar refractivity (Wildman–Crippen MR) is 72.2 cm³/mol. The first-order valence-corrected chi connectivity index (χ1v) is 6.54. The summed E-state index contributed by atoms with van der Waals surface area (Å²) in [5.74, 6) is 2.00. The lowest BCUT2D eigenvalue weighted by Crippen LogP contribution is -2.23. The van der Waals surface area contributed by atoms with Crippen molar-refractivity contribution in [1.29, 1.82) is 0 Å². The molecule has 0 saturated heterocycles. The molecule has 1 saturated carbocycles. The van der Waals surface area contributed by atoms with E-state index in [-0.39, 0.29) is 0 Å². The van der Waals surface area contributed by atoms with Crippen molar-refractivity contribution in [1.82, 2.24) is 10.3 Å². The smallest absolute Gasteiger partial charge is 0.128 e. The molecule has 1 aliphatic carbocycles. The van der Waals surface area contributed by atoms with Gasteiger partial charge in [0.15, 0.2) is 0 Å². The third-order valence-electron chi connectivity index (χ3n) is 3.14. The molecule has 0 amide bonds. The normalized spacial score (nSPS) is 15.3. The SMILES string of the molecule is CC(C)NCc1ccnc(N(C)CC2CC2)c1. The van der Waals surface area contributed by atoms with Crippen LogP contribution in [0.2, 0.25) is 0 Å². The fourth-order valence-corrected chi connectivity index (χ4v) is 1.88. The summed E-state index contributed by atoms with van der Waals surface area (Å²) in [6.07, 6.45) is 4.69. The maximum absolute atomic E-state index is 4.45. The minimum Gasteiger partial charge on any atom is -0.359 e. The van der Waals surface area contributed by atoms with Crippen LogP contribution in [0.5, 0.6) is 0 Å². The van der Waals surface area contributed by atoms with Gasteiger partial charge >= 0.3 is 0 Å². The number of hydrogen-bond donors (Lipinski definition) is 1. The van der Waals surface area contributed by atoms with Crippen molar-refractivity contribution >= 4 is 5.82 Å². The highest BCUT2D eigenvalue weighted by atomic mass is 15.2. The summed E-state index contributed by atoms with van der Waals surface area (Å²) in [4.78, 5) is 6.72.